The van der Waals surface area contributed by atoms with Crippen LogP contribution in [0.5, 0.6) is 0 Å². The number of hydrogen-bond donors (Lipinski definition) is 3. The Morgan fingerprint density at radius 1 is 1.58 bits per heavy atom. The molecule has 1 rings (SSSR count). The smallest absolute Gasteiger partial charge is 0.224 e. The molecule has 0 aliphatic carbocycles. The minimum absolute atomic E-state index is 0. The number of nitrogens with one attached hydrogen (secondary N) is 1. The van der Waals surface area contributed by atoms with Gasteiger partial charge in [0.1, 0.15) is 11.9 Å². The van der Waals surface area contributed by atoms with E-state index in [9.17, 15) is 14.3 Å². The van der Waals surface area contributed by atoms with Crippen LogP contribution in [-0.4, -0.2) is 24.1 Å². The first-order valence-corrected chi connectivity index (χ1v) is 5.95. The van der Waals surface area contributed by atoms with E-state index in [-0.39, 0.29) is 47.9 Å². The molecule has 0 spiro atoms. The summed E-state index contributed by atoms with van der Waals surface area (Å²) in [5.41, 5.74) is 5.32. The number of aliphatic hydroxyl groups excluding tert-OH is 1. The maximum atomic E-state index is 13.5. The first-order valence-electron chi connectivity index (χ1n) is 5.57. The first-order chi connectivity index (χ1) is 8.47. The molecule has 108 valence electrons. The van der Waals surface area contributed by atoms with Crippen molar-refractivity contribution in [2.24, 2.45) is 11.7 Å². The van der Waals surface area contributed by atoms with Crippen molar-refractivity contribution in [3.8, 4) is 0 Å². The van der Waals surface area contributed by atoms with Gasteiger partial charge in [0.2, 0.25) is 5.91 Å². The van der Waals surface area contributed by atoms with Crippen molar-refractivity contribution in [1.82, 2.24) is 5.32 Å². The second-order valence-electron chi connectivity index (χ2n) is 4.03. The van der Waals surface area contributed by atoms with Gasteiger partial charge in [-0.25, -0.2) is 4.39 Å². The van der Waals surface area contributed by atoms with E-state index in [4.69, 9.17) is 17.3 Å². The molecule has 0 fully saturated rings. The van der Waals surface area contributed by atoms with E-state index in [2.05, 4.69) is 5.32 Å². The molecule has 0 aromatic heterocycles. The van der Waals surface area contributed by atoms with Crippen LogP contribution in [0, 0.1) is 11.7 Å². The van der Waals surface area contributed by atoms with Crippen LogP contribution < -0.4 is 11.1 Å². The van der Waals surface area contributed by atoms with Crippen molar-refractivity contribution in [2.45, 2.75) is 13.0 Å². The van der Waals surface area contributed by atoms with Gasteiger partial charge in [-0.3, -0.25) is 4.79 Å². The highest BCUT2D eigenvalue weighted by molar-refractivity contribution is 6.31. The van der Waals surface area contributed by atoms with Crippen LogP contribution in [0.4, 0.5) is 4.39 Å². The van der Waals surface area contributed by atoms with Crippen LogP contribution in [0.2, 0.25) is 5.02 Å². The second-order valence-corrected chi connectivity index (χ2v) is 4.44. The highest BCUT2D eigenvalue weighted by atomic mass is 35.5. The maximum Gasteiger partial charge on any atom is 0.224 e. The predicted octanol–water partition coefficient (Wildman–Crippen LogP) is 1.65. The normalized spacial score (nSPS) is 13.3. The Kier molecular flexibility index (Phi) is 7.94. The van der Waals surface area contributed by atoms with E-state index in [1.807, 2.05) is 0 Å². The molecule has 0 saturated heterocycles. The highest BCUT2D eigenvalue weighted by Gasteiger charge is 2.18. The van der Waals surface area contributed by atoms with Crippen LogP contribution in [0.1, 0.15) is 18.6 Å². The summed E-state index contributed by atoms with van der Waals surface area (Å²) in [6.45, 7) is 1.77. The van der Waals surface area contributed by atoms with E-state index in [0.717, 1.165) is 0 Å². The number of nitrogens with two attached hydrogens (primary N) is 1. The van der Waals surface area contributed by atoms with Gasteiger partial charge in [-0.05, 0) is 12.1 Å². The molecule has 1 aromatic carbocycles. The molecular formula is C12H17Cl2FN2O2. The van der Waals surface area contributed by atoms with Gasteiger partial charge in [-0.1, -0.05) is 24.6 Å². The van der Waals surface area contributed by atoms with Gasteiger partial charge >= 0.3 is 0 Å². The highest BCUT2D eigenvalue weighted by Crippen LogP contribution is 2.25. The average Bonchev–Trinajstić information content (AvgIpc) is 2.34. The average molecular weight is 311 g/mol. The van der Waals surface area contributed by atoms with E-state index < -0.39 is 11.9 Å². The molecule has 2 atom stereocenters. The Bertz CT molecular complexity index is 412. The standard InChI is InChI=1S/C12H16ClFN2O2.ClH/c1-7(5-15)12(18)16-6-10(17)11-8(13)3-2-4-9(11)14;/h2-4,7,10,17H,5-6,15H2,1H3,(H,16,18);1H. The van der Waals surface area contributed by atoms with Crippen molar-refractivity contribution in [1.29, 1.82) is 0 Å². The van der Waals surface area contributed by atoms with Crippen LogP contribution >= 0.6 is 24.0 Å². The molecule has 0 aliphatic heterocycles. The van der Waals surface area contributed by atoms with Gasteiger partial charge in [0.25, 0.3) is 0 Å². The fourth-order valence-electron chi connectivity index (χ4n) is 1.41. The van der Waals surface area contributed by atoms with Gasteiger partial charge in [0.05, 0.1) is 0 Å². The quantitative estimate of drug-likeness (QED) is 0.774. The van der Waals surface area contributed by atoms with Crippen LogP contribution in [-0.2, 0) is 4.79 Å². The fourth-order valence-corrected chi connectivity index (χ4v) is 1.70. The number of halogens is 3. The third-order valence-corrected chi connectivity index (χ3v) is 2.93. The van der Waals surface area contributed by atoms with Crippen LogP contribution in [0.3, 0.4) is 0 Å². The fraction of sp³-hybridized carbons (Fsp3) is 0.417. The summed E-state index contributed by atoms with van der Waals surface area (Å²) >= 11 is 5.80. The lowest BCUT2D eigenvalue weighted by atomic mass is 10.1. The summed E-state index contributed by atoms with van der Waals surface area (Å²) < 4.78 is 13.5. The molecule has 0 bridgehead atoms. The molecule has 19 heavy (non-hydrogen) atoms. The zero-order valence-corrected chi connectivity index (χ0v) is 12.0. The monoisotopic (exact) mass is 310 g/mol. The van der Waals surface area contributed by atoms with Crippen molar-refractivity contribution in [2.75, 3.05) is 13.1 Å². The number of rotatable bonds is 5. The number of carbonyl (C=O) groups excluding carboxylic acids is 1. The van der Waals surface area contributed by atoms with Crippen molar-refractivity contribution in [3.05, 3.63) is 34.6 Å². The van der Waals surface area contributed by atoms with E-state index in [1.165, 1.54) is 18.2 Å². The Hall–Kier alpha value is -0.880. The third-order valence-electron chi connectivity index (χ3n) is 2.60. The van der Waals surface area contributed by atoms with Gasteiger partial charge in [-0.15, -0.1) is 12.4 Å². The van der Waals surface area contributed by atoms with Gasteiger partial charge in [0.15, 0.2) is 0 Å². The lowest BCUT2D eigenvalue weighted by molar-refractivity contribution is -0.124. The number of aliphatic hydroxyl groups is 1. The van der Waals surface area contributed by atoms with Crippen LogP contribution in [0.15, 0.2) is 18.2 Å². The minimum atomic E-state index is -1.19. The summed E-state index contributed by atoms with van der Waals surface area (Å²) in [7, 11) is 0. The molecule has 4 nitrogen and oxygen atoms in total. The molecule has 0 heterocycles. The molecule has 4 N–H and O–H groups in total. The van der Waals surface area contributed by atoms with Gasteiger partial charge < -0.3 is 16.2 Å². The topological polar surface area (TPSA) is 75.4 Å². The summed E-state index contributed by atoms with van der Waals surface area (Å²) in [4.78, 5) is 11.5. The largest absolute Gasteiger partial charge is 0.386 e. The molecule has 7 heteroatoms. The van der Waals surface area contributed by atoms with Crippen LogP contribution in [0.25, 0.3) is 0 Å². The number of hydrogen-bond acceptors (Lipinski definition) is 3. The SMILES string of the molecule is CC(CN)C(=O)NCC(O)c1c(F)cccc1Cl.Cl. The zero-order valence-electron chi connectivity index (χ0n) is 10.4. The summed E-state index contributed by atoms with van der Waals surface area (Å²) in [5, 5.41) is 12.4. The van der Waals surface area contributed by atoms with E-state index >= 15 is 0 Å². The summed E-state index contributed by atoms with van der Waals surface area (Å²) in [5.74, 6) is -1.24. The second kappa shape index (κ2) is 8.32. The number of carbonyl (C=O) groups is 1. The first kappa shape index (κ1) is 18.1. The summed E-state index contributed by atoms with van der Waals surface area (Å²) in [6.07, 6.45) is -1.19. The molecule has 0 aliphatic rings. The molecule has 1 amide bonds. The lowest BCUT2D eigenvalue weighted by Crippen LogP contribution is -2.35. The molecule has 1 aromatic rings. The van der Waals surface area contributed by atoms with E-state index in [1.54, 1.807) is 6.92 Å². The van der Waals surface area contributed by atoms with Crippen molar-refractivity contribution < 1.29 is 14.3 Å². The zero-order chi connectivity index (χ0) is 13.7. The molecular weight excluding hydrogens is 294 g/mol. The van der Waals surface area contributed by atoms with Gasteiger partial charge in [-0.2, -0.15) is 0 Å². The number of amides is 1. The molecule has 0 saturated carbocycles. The van der Waals surface area contributed by atoms with Crippen molar-refractivity contribution in [3.63, 3.8) is 0 Å². The Balaban J connectivity index is 0.00000324. The Morgan fingerprint density at radius 3 is 2.74 bits per heavy atom. The van der Waals surface area contributed by atoms with Gasteiger partial charge in [0, 0.05) is 29.6 Å². The number of benzene rings is 1. The predicted molar refractivity (Wildman–Crippen MR) is 74.8 cm³/mol. The summed E-state index contributed by atoms with van der Waals surface area (Å²) in [6, 6.07) is 4.13. The maximum absolute atomic E-state index is 13.5. The Labute approximate surface area is 122 Å². The third kappa shape index (κ3) is 4.95. The lowest BCUT2D eigenvalue weighted by Gasteiger charge is -2.16. The Morgan fingerprint density at radius 2 is 2.21 bits per heavy atom. The van der Waals surface area contributed by atoms with E-state index in [0.29, 0.717) is 0 Å². The molecule has 2 unspecified atom stereocenters. The molecule has 0 radical (unpaired) electrons. The minimum Gasteiger partial charge on any atom is -0.386 e. The van der Waals surface area contributed by atoms with Crippen molar-refractivity contribution >= 4 is 29.9 Å².